The average molecular weight is 355 g/mol. The topological polar surface area (TPSA) is 65.9 Å². The van der Waals surface area contributed by atoms with E-state index in [1.54, 1.807) is 0 Å². The van der Waals surface area contributed by atoms with Crippen molar-refractivity contribution >= 4 is 6.09 Å². The third-order valence-corrected chi connectivity index (χ3v) is 4.58. The van der Waals surface area contributed by atoms with Crippen molar-refractivity contribution in [2.24, 2.45) is 0 Å². The van der Waals surface area contributed by atoms with E-state index in [-0.39, 0.29) is 0 Å². The second-order valence-corrected chi connectivity index (χ2v) is 6.58. The molecular weight excluding hydrogens is 330 g/mol. The lowest BCUT2D eigenvalue weighted by molar-refractivity contribution is 0.103. The number of nitrogens with zero attached hydrogens (tertiary/aromatic N) is 3. The van der Waals surface area contributed by atoms with Gasteiger partial charge in [0.1, 0.15) is 0 Å². The number of benzene rings is 1. The molecule has 1 aromatic carbocycles. The number of carbonyl (C=O) groups is 1. The summed E-state index contributed by atoms with van der Waals surface area (Å²) in [6.45, 7) is 6.14. The Morgan fingerprint density at radius 3 is 2.42 bits per heavy atom. The Balaban J connectivity index is 1.43. The lowest BCUT2D eigenvalue weighted by Gasteiger charge is -2.33. The van der Waals surface area contributed by atoms with Crippen molar-refractivity contribution < 1.29 is 14.6 Å². The van der Waals surface area contributed by atoms with E-state index in [4.69, 9.17) is 9.84 Å². The van der Waals surface area contributed by atoms with Crippen LogP contribution in [0.15, 0.2) is 42.5 Å². The summed E-state index contributed by atoms with van der Waals surface area (Å²) in [5, 5.41) is 9.00. The highest BCUT2D eigenvalue weighted by atomic mass is 16.5. The molecule has 6 heteroatoms. The summed E-state index contributed by atoms with van der Waals surface area (Å²) in [5.74, 6) is 0.669. The maximum atomic E-state index is 10.9. The standard InChI is InChI=1S/C20H25N3O3/c1-16-3-2-4-19(21-16)26-14-9-17-5-7-18(8-6-17)15-22-10-12-23(13-11-22)20(24)25/h2-8H,9-15H2,1H3,(H,24,25). The normalized spacial score (nSPS) is 15.0. The van der Waals surface area contributed by atoms with Crippen LogP contribution >= 0.6 is 0 Å². The summed E-state index contributed by atoms with van der Waals surface area (Å²) in [6.07, 6.45) is 0.0183. The van der Waals surface area contributed by atoms with Crippen LogP contribution in [0, 0.1) is 6.92 Å². The van der Waals surface area contributed by atoms with Crippen LogP contribution in [0.25, 0.3) is 0 Å². The molecule has 138 valence electrons. The van der Waals surface area contributed by atoms with Crippen molar-refractivity contribution in [3.63, 3.8) is 0 Å². The van der Waals surface area contributed by atoms with Gasteiger partial charge in [0.2, 0.25) is 5.88 Å². The van der Waals surface area contributed by atoms with E-state index in [1.165, 1.54) is 16.0 Å². The molecule has 1 fully saturated rings. The number of aromatic nitrogens is 1. The van der Waals surface area contributed by atoms with E-state index >= 15 is 0 Å². The number of piperazine rings is 1. The van der Waals surface area contributed by atoms with Crippen LogP contribution < -0.4 is 4.74 Å². The van der Waals surface area contributed by atoms with Gasteiger partial charge in [0, 0.05) is 50.9 Å². The second kappa shape index (κ2) is 8.67. The van der Waals surface area contributed by atoms with Gasteiger partial charge in [-0.2, -0.15) is 0 Å². The van der Waals surface area contributed by atoms with Gasteiger partial charge < -0.3 is 14.7 Å². The fraction of sp³-hybridized carbons (Fsp3) is 0.400. The van der Waals surface area contributed by atoms with Gasteiger partial charge in [0.05, 0.1) is 6.61 Å². The van der Waals surface area contributed by atoms with Gasteiger partial charge in [-0.3, -0.25) is 4.90 Å². The van der Waals surface area contributed by atoms with E-state index in [2.05, 4.69) is 34.1 Å². The van der Waals surface area contributed by atoms with Crippen molar-refractivity contribution in [3.8, 4) is 5.88 Å². The molecule has 0 unspecified atom stereocenters. The predicted molar refractivity (Wildman–Crippen MR) is 99.5 cm³/mol. The second-order valence-electron chi connectivity index (χ2n) is 6.58. The van der Waals surface area contributed by atoms with Crippen LogP contribution in [0.3, 0.4) is 0 Å². The molecule has 1 N–H and O–H groups in total. The van der Waals surface area contributed by atoms with Crippen molar-refractivity contribution in [2.75, 3.05) is 32.8 Å². The molecule has 1 saturated heterocycles. The van der Waals surface area contributed by atoms with E-state index in [1.807, 2.05) is 25.1 Å². The van der Waals surface area contributed by atoms with E-state index in [0.29, 0.717) is 25.6 Å². The zero-order valence-corrected chi connectivity index (χ0v) is 15.1. The molecule has 1 aliphatic rings. The van der Waals surface area contributed by atoms with Gasteiger partial charge >= 0.3 is 6.09 Å². The Morgan fingerprint density at radius 1 is 1.08 bits per heavy atom. The van der Waals surface area contributed by atoms with Gasteiger partial charge in [0.25, 0.3) is 0 Å². The minimum atomic E-state index is -0.822. The first-order valence-corrected chi connectivity index (χ1v) is 8.94. The zero-order valence-electron chi connectivity index (χ0n) is 15.1. The first kappa shape index (κ1) is 18.2. The smallest absolute Gasteiger partial charge is 0.407 e. The number of carboxylic acid groups (broad SMARTS) is 1. The Morgan fingerprint density at radius 2 is 1.77 bits per heavy atom. The van der Waals surface area contributed by atoms with Crippen molar-refractivity contribution in [1.82, 2.24) is 14.8 Å². The number of rotatable bonds is 6. The van der Waals surface area contributed by atoms with Crippen molar-refractivity contribution in [3.05, 3.63) is 59.3 Å². The maximum Gasteiger partial charge on any atom is 0.407 e. The fourth-order valence-corrected chi connectivity index (χ4v) is 3.04. The summed E-state index contributed by atoms with van der Waals surface area (Å²) < 4.78 is 5.70. The number of pyridine rings is 1. The Labute approximate surface area is 154 Å². The molecule has 26 heavy (non-hydrogen) atoms. The van der Waals surface area contributed by atoms with E-state index in [9.17, 15) is 4.79 Å². The highest BCUT2D eigenvalue weighted by molar-refractivity contribution is 5.65. The van der Waals surface area contributed by atoms with Crippen LogP contribution in [0.5, 0.6) is 5.88 Å². The Bertz CT molecular complexity index is 725. The van der Waals surface area contributed by atoms with E-state index < -0.39 is 6.09 Å². The highest BCUT2D eigenvalue weighted by Crippen LogP contribution is 2.12. The predicted octanol–water partition coefficient (Wildman–Crippen LogP) is 2.81. The molecule has 6 nitrogen and oxygen atoms in total. The molecule has 0 radical (unpaired) electrons. The molecule has 0 atom stereocenters. The largest absolute Gasteiger partial charge is 0.477 e. The molecule has 1 amide bonds. The molecule has 0 spiro atoms. The van der Waals surface area contributed by atoms with Gasteiger partial charge in [-0.15, -0.1) is 0 Å². The molecule has 0 bridgehead atoms. The molecule has 3 rings (SSSR count). The third kappa shape index (κ3) is 5.20. The molecule has 2 heterocycles. The Hall–Kier alpha value is -2.60. The summed E-state index contributed by atoms with van der Waals surface area (Å²) in [5.41, 5.74) is 3.44. The number of ether oxygens (including phenoxy) is 1. The molecule has 0 saturated carbocycles. The fourth-order valence-electron chi connectivity index (χ4n) is 3.04. The van der Waals surface area contributed by atoms with Crippen molar-refractivity contribution in [2.45, 2.75) is 19.9 Å². The number of hydrogen-bond donors (Lipinski definition) is 1. The van der Waals surface area contributed by atoms with Crippen LogP contribution in [-0.4, -0.2) is 58.8 Å². The lowest BCUT2D eigenvalue weighted by atomic mass is 10.1. The summed E-state index contributed by atoms with van der Waals surface area (Å²) in [7, 11) is 0. The molecule has 1 aliphatic heterocycles. The highest BCUT2D eigenvalue weighted by Gasteiger charge is 2.20. The van der Waals surface area contributed by atoms with Crippen LogP contribution in [0.1, 0.15) is 16.8 Å². The Kier molecular flexibility index (Phi) is 6.07. The minimum absolute atomic E-state index is 0.581. The lowest BCUT2D eigenvalue weighted by Crippen LogP contribution is -2.47. The van der Waals surface area contributed by atoms with Gasteiger partial charge in [0.15, 0.2) is 0 Å². The van der Waals surface area contributed by atoms with Gasteiger partial charge in [-0.05, 0) is 24.1 Å². The van der Waals surface area contributed by atoms with Crippen LogP contribution in [0.2, 0.25) is 0 Å². The zero-order chi connectivity index (χ0) is 18.4. The SMILES string of the molecule is Cc1cccc(OCCc2ccc(CN3CCN(C(=O)O)CC3)cc2)n1. The average Bonchev–Trinajstić information content (AvgIpc) is 2.64. The van der Waals surface area contributed by atoms with Crippen molar-refractivity contribution in [1.29, 1.82) is 0 Å². The number of hydrogen-bond acceptors (Lipinski definition) is 4. The minimum Gasteiger partial charge on any atom is -0.477 e. The van der Waals surface area contributed by atoms with Crippen LogP contribution in [0.4, 0.5) is 4.79 Å². The van der Waals surface area contributed by atoms with Gasteiger partial charge in [-0.1, -0.05) is 30.3 Å². The molecule has 2 aromatic rings. The third-order valence-electron chi connectivity index (χ3n) is 4.58. The summed E-state index contributed by atoms with van der Waals surface area (Å²) in [4.78, 5) is 19.0. The summed E-state index contributed by atoms with van der Waals surface area (Å²) >= 11 is 0. The van der Waals surface area contributed by atoms with Gasteiger partial charge in [-0.25, -0.2) is 9.78 Å². The molecular formula is C20H25N3O3. The maximum absolute atomic E-state index is 10.9. The monoisotopic (exact) mass is 355 g/mol. The molecule has 0 aliphatic carbocycles. The first-order chi connectivity index (χ1) is 12.6. The summed E-state index contributed by atoms with van der Waals surface area (Å²) in [6, 6.07) is 14.3. The van der Waals surface area contributed by atoms with Crippen LogP contribution in [-0.2, 0) is 13.0 Å². The molecule has 1 aromatic heterocycles. The van der Waals surface area contributed by atoms with E-state index in [0.717, 1.165) is 31.7 Å². The quantitative estimate of drug-likeness (QED) is 0.863. The number of aryl methyl sites for hydroxylation is 1. The first-order valence-electron chi connectivity index (χ1n) is 8.94. The number of amides is 1.